The first-order valence-electron chi connectivity index (χ1n) is 21.6. The van der Waals surface area contributed by atoms with Crippen LogP contribution in [-0.4, -0.2) is 93.8 Å². The number of phenolic OH excluding ortho intramolecular Hbond substituents is 1. The average Bonchev–Trinajstić information content (AvgIpc) is 3.84. The number of fused-ring (bicyclic) bond motifs is 2. The largest absolute Gasteiger partial charge is 0.507 e. The molecular formula is C47H57N5O13. The van der Waals surface area contributed by atoms with Crippen LogP contribution in [0.1, 0.15) is 60.5 Å². The predicted molar refractivity (Wildman–Crippen MR) is 242 cm³/mol. The van der Waals surface area contributed by atoms with E-state index in [2.05, 4.69) is 10.8 Å². The fourth-order valence-electron chi connectivity index (χ4n) is 9.26. The zero-order valence-corrected chi connectivity index (χ0v) is 37.8. The van der Waals surface area contributed by atoms with E-state index in [1.54, 1.807) is 45.9 Å². The molecule has 1 saturated heterocycles. The summed E-state index contributed by atoms with van der Waals surface area (Å²) in [5.74, 6) is -6.32. The van der Waals surface area contributed by atoms with E-state index in [4.69, 9.17) is 34.1 Å². The normalized spacial score (nSPS) is 30.8. The third-order valence-corrected chi connectivity index (χ3v) is 13.2. The number of anilines is 2. The summed E-state index contributed by atoms with van der Waals surface area (Å²) in [4.78, 5) is 61.9. The van der Waals surface area contributed by atoms with E-state index in [9.17, 15) is 39.7 Å². The van der Waals surface area contributed by atoms with E-state index in [1.807, 2.05) is 4.90 Å². The van der Waals surface area contributed by atoms with Gasteiger partial charge in [0, 0.05) is 98.1 Å². The van der Waals surface area contributed by atoms with Crippen molar-refractivity contribution < 1.29 is 53.5 Å². The molecule has 4 aromatic rings. The maximum atomic E-state index is 14.9. The Morgan fingerprint density at radius 1 is 1.03 bits per heavy atom. The summed E-state index contributed by atoms with van der Waals surface area (Å²) in [5, 5.41) is 48.1. The second-order valence-electron chi connectivity index (χ2n) is 17.7. The number of nitrogens with two attached hydrogens (primary N) is 1. The van der Waals surface area contributed by atoms with Gasteiger partial charge in [-0.2, -0.15) is 0 Å². The standard InChI is InChI=1S/C47H57N5O13/c1-20-11-10-12-21(2)46(59)50-37-41(58)33-32(36-44(37)64-31-18-28(17-29(54)35(31)49-36)52-15-13-27(48)19-52)34-43(25(6)40(33)57)65-47(8,45(34)51-60)62-16-14-30(61-9)22(3)42(63-26(7)53)24(5)39(56)23(4)38(20)55/h10-12,14,16-18,20,22-24,27,30,38-39,42,51,55-57,60H,13,15,19,48H2,1-9H3,(H,50,59)/b11-10+,16-14+,21-12-/t20-,22+,23+,24+,27+,30-,38-,39+,42+,47-/m0/s1. The molecule has 1 amide bonds. The smallest absolute Gasteiger partial charge is 0.302 e. The Balaban J connectivity index is 1.51. The molecule has 0 saturated carbocycles. The van der Waals surface area contributed by atoms with Crippen molar-refractivity contribution in [2.45, 2.75) is 98.1 Å². The lowest BCUT2D eigenvalue weighted by Gasteiger charge is -2.38. The highest BCUT2D eigenvalue weighted by molar-refractivity contribution is 6.17. The van der Waals surface area contributed by atoms with Crippen molar-refractivity contribution in [2.75, 3.05) is 30.4 Å². The van der Waals surface area contributed by atoms with Gasteiger partial charge in [-0.1, -0.05) is 45.9 Å². The van der Waals surface area contributed by atoms with E-state index in [-0.39, 0.29) is 72.5 Å². The molecular weight excluding hydrogens is 843 g/mol. The number of hydrogen-bond donors (Lipinski definition) is 7. The molecule has 3 aliphatic rings. The zero-order chi connectivity index (χ0) is 47.4. The van der Waals surface area contributed by atoms with Gasteiger partial charge >= 0.3 is 5.97 Å². The van der Waals surface area contributed by atoms with Crippen LogP contribution in [-0.2, 0) is 23.8 Å². The molecule has 348 valence electrons. The van der Waals surface area contributed by atoms with Crippen LogP contribution >= 0.6 is 0 Å². The summed E-state index contributed by atoms with van der Waals surface area (Å²) in [6, 6.07) is 2.92. The molecule has 3 aliphatic heterocycles. The van der Waals surface area contributed by atoms with Gasteiger partial charge in [-0.05, 0) is 26.3 Å². The lowest BCUT2D eigenvalue weighted by Crippen LogP contribution is -2.46. The molecule has 1 fully saturated rings. The minimum absolute atomic E-state index is 0.00394. The van der Waals surface area contributed by atoms with Crippen molar-refractivity contribution >= 4 is 61.9 Å². The van der Waals surface area contributed by atoms with Gasteiger partial charge in [0.25, 0.3) is 11.7 Å². The van der Waals surface area contributed by atoms with Crippen molar-refractivity contribution in [1.82, 2.24) is 10.5 Å². The van der Waals surface area contributed by atoms with Crippen LogP contribution in [0.2, 0.25) is 0 Å². The number of aromatic hydroxyl groups is 1. The quantitative estimate of drug-likeness (QED) is 0.0669. The number of aliphatic hydroxyl groups excluding tert-OH is 2. The molecule has 0 unspecified atom stereocenters. The highest BCUT2D eigenvalue weighted by atomic mass is 16.7. The number of esters is 1. The summed E-state index contributed by atoms with van der Waals surface area (Å²) >= 11 is 0. The number of carbonyl (C=O) groups is 2. The minimum Gasteiger partial charge on any atom is -0.507 e. The van der Waals surface area contributed by atoms with Crippen LogP contribution in [0.5, 0.6) is 11.5 Å². The van der Waals surface area contributed by atoms with E-state index in [0.29, 0.717) is 25.2 Å². The number of methoxy groups -OCH3 is 1. The lowest BCUT2D eigenvalue weighted by molar-refractivity contribution is -0.160. The van der Waals surface area contributed by atoms with Crippen molar-refractivity contribution in [3.05, 3.63) is 79.5 Å². The number of aromatic nitrogens is 1. The van der Waals surface area contributed by atoms with Gasteiger partial charge in [-0.3, -0.25) is 29.9 Å². The molecule has 18 nitrogen and oxygen atoms in total. The number of allylic oxidation sites excluding steroid dienone is 2. The number of phenols is 1. The number of amides is 1. The molecule has 7 rings (SSSR count). The molecule has 0 aliphatic carbocycles. The van der Waals surface area contributed by atoms with Crippen LogP contribution in [0.15, 0.2) is 62.3 Å². The van der Waals surface area contributed by atoms with Gasteiger partial charge in [0.1, 0.15) is 34.5 Å². The first-order chi connectivity index (χ1) is 30.7. The molecule has 4 bridgehead atoms. The minimum atomic E-state index is -1.89. The van der Waals surface area contributed by atoms with Crippen molar-refractivity contribution in [3.63, 3.8) is 0 Å². The number of ether oxygens (including phenoxy) is 4. The maximum Gasteiger partial charge on any atom is 0.302 e. The maximum absolute atomic E-state index is 14.9. The van der Waals surface area contributed by atoms with E-state index in [0.717, 1.165) is 0 Å². The summed E-state index contributed by atoms with van der Waals surface area (Å²) < 4.78 is 30.6. The molecule has 8 N–H and O–H groups in total. The van der Waals surface area contributed by atoms with Gasteiger partial charge in [-0.15, -0.1) is 0 Å². The fraction of sp³-hybridized carbons (Fsp3) is 0.468. The molecule has 1 aromatic heterocycles. The summed E-state index contributed by atoms with van der Waals surface area (Å²) in [6.45, 7) is 13.7. The number of nitrogens with one attached hydrogen (secondary N) is 2. The lowest BCUT2D eigenvalue weighted by atomic mass is 9.78. The van der Waals surface area contributed by atoms with Crippen LogP contribution in [0, 0.1) is 30.6 Å². The van der Waals surface area contributed by atoms with Crippen molar-refractivity contribution in [2.24, 2.45) is 29.4 Å². The molecule has 10 atom stereocenters. The Hall–Kier alpha value is -6.05. The van der Waals surface area contributed by atoms with Gasteiger partial charge < -0.3 is 54.6 Å². The molecule has 0 radical (unpaired) electrons. The Kier molecular flexibility index (Phi) is 13.1. The van der Waals surface area contributed by atoms with Crippen LogP contribution < -0.4 is 42.2 Å². The van der Waals surface area contributed by atoms with Gasteiger partial charge in [-0.25, -0.2) is 4.98 Å². The highest BCUT2D eigenvalue weighted by Crippen LogP contribution is 2.42. The van der Waals surface area contributed by atoms with Crippen LogP contribution in [0.4, 0.5) is 11.4 Å². The number of aliphatic hydroxyl groups is 2. The number of hydrogen-bond acceptors (Lipinski definition) is 17. The Bertz CT molecular complexity index is 2840. The average molecular weight is 900 g/mol. The predicted octanol–water partition coefficient (Wildman–Crippen LogP) is 3.52. The molecule has 18 heteroatoms. The summed E-state index contributed by atoms with van der Waals surface area (Å²) in [6.07, 6.45) is 4.25. The van der Waals surface area contributed by atoms with Crippen LogP contribution in [0.25, 0.3) is 38.7 Å². The fourth-order valence-corrected chi connectivity index (χ4v) is 9.26. The number of benzene rings is 3. The second-order valence-corrected chi connectivity index (χ2v) is 17.7. The van der Waals surface area contributed by atoms with Gasteiger partial charge in [0.05, 0.1) is 35.2 Å². The topological polar surface area (TPSA) is 265 Å². The Morgan fingerprint density at radius 3 is 2.40 bits per heavy atom. The van der Waals surface area contributed by atoms with E-state index in [1.165, 1.54) is 59.3 Å². The van der Waals surface area contributed by atoms with E-state index >= 15 is 0 Å². The summed E-state index contributed by atoms with van der Waals surface area (Å²) in [5.41, 5.74) is 6.66. The number of hydroxylamine groups is 1. The Morgan fingerprint density at radius 2 is 1.75 bits per heavy atom. The number of rotatable bonds is 4. The van der Waals surface area contributed by atoms with Crippen molar-refractivity contribution in [3.8, 4) is 11.5 Å². The number of carbonyl (C=O) groups excluding carboxylic acids is 2. The molecule has 4 heterocycles. The molecule has 65 heavy (non-hydrogen) atoms. The second kappa shape index (κ2) is 18.1. The van der Waals surface area contributed by atoms with Crippen LogP contribution in [0.3, 0.4) is 0 Å². The molecule has 3 aromatic carbocycles. The zero-order valence-electron chi connectivity index (χ0n) is 37.8. The van der Waals surface area contributed by atoms with E-state index < -0.39 is 82.4 Å². The first kappa shape index (κ1) is 46.9. The third-order valence-electron chi connectivity index (χ3n) is 13.2. The summed E-state index contributed by atoms with van der Waals surface area (Å²) in [7, 11) is 1.44. The highest BCUT2D eigenvalue weighted by Gasteiger charge is 2.44. The molecule has 0 spiro atoms. The SMILES string of the molecule is CO[C@H]1/C=C/O[C@@]2(C)Oc3c(C)c(O)c4c(=O)c(c5oc6cc(N7CC[C@@H](N)C7)cc(=O)c6nc5c4c3=C2NO)NC(=O)/C(C)=C\C=C\[C@H](C)[C@H](O)[C@@H](C)[C@@H](O)[C@@H](C)[C@H](OC(C)=O)[C@@H]1C. The monoisotopic (exact) mass is 899 g/mol. The third kappa shape index (κ3) is 8.40. The van der Waals surface area contributed by atoms with Gasteiger partial charge in [0.15, 0.2) is 16.7 Å². The number of nitrogens with zero attached hydrogens (tertiary/aromatic N) is 2. The first-order valence-corrected chi connectivity index (χ1v) is 21.6. The van der Waals surface area contributed by atoms with Gasteiger partial charge in [0.2, 0.25) is 10.9 Å². The Labute approximate surface area is 373 Å². The van der Waals surface area contributed by atoms with Crippen molar-refractivity contribution in [1.29, 1.82) is 0 Å².